The van der Waals surface area contributed by atoms with Crippen molar-refractivity contribution in [2.45, 2.75) is 6.92 Å². The van der Waals surface area contributed by atoms with Crippen LogP contribution in [0.4, 0.5) is 5.69 Å². The monoisotopic (exact) mass is 448 g/mol. The standard InChI is InChI=1S/C27H24N6O/c1-19(34)31-12-14-32(15-13-31)22-4-2-20(3-5-22)21-8-11-33-26(18-30-27(33)16-21)23-6-10-29-25-7-9-28-17-24(23)25/h2-11,16-18H,12-15H2,1H3. The Hall–Kier alpha value is -4.26. The van der Waals surface area contributed by atoms with Crippen molar-refractivity contribution >= 4 is 28.1 Å². The van der Waals surface area contributed by atoms with Gasteiger partial charge in [0.15, 0.2) is 0 Å². The molecule has 0 spiro atoms. The fraction of sp³-hybridized carbons (Fsp3) is 0.185. The molecule has 1 aliphatic heterocycles. The van der Waals surface area contributed by atoms with Crippen LogP contribution in [0, 0.1) is 0 Å². The lowest BCUT2D eigenvalue weighted by molar-refractivity contribution is -0.129. The molecule has 6 rings (SSSR count). The van der Waals surface area contributed by atoms with Crippen LogP contribution in [0.15, 0.2) is 79.5 Å². The van der Waals surface area contributed by atoms with E-state index >= 15 is 0 Å². The fourth-order valence-corrected chi connectivity index (χ4v) is 4.72. The molecule has 0 unspecified atom stereocenters. The first kappa shape index (κ1) is 20.4. The maximum absolute atomic E-state index is 11.6. The van der Waals surface area contributed by atoms with Gasteiger partial charge in [-0.2, -0.15) is 0 Å². The molecule has 1 amide bonds. The number of pyridine rings is 3. The Morgan fingerprint density at radius 3 is 2.47 bits per heavy atom. The number of anilines is 1. The Kier molecular flexibility index (Phi) is 4.95. The Bertz CT molecular complexity index is 1490. The minimum atomic E-state index is 0.154. The molecule has 0 bridgehead atoms. The van der Waals surface area contributed by atoms with Crippen molar-refractivity contribution in [2.24, 2.45) is 0 Å². The lowest BCUT2D eigenvalue weighted by Gasteiger charge is -2.35. The molecule has 1 saturated heterocycles. The summed E-state index contributed by atoms with van der Waals surface area (Å²) in [5.74, 6) is 0.154. The molecule has 0 radical (unpaired) electrons. The largest absolute Gasteiger partial charge is 0.368 e. The van der Waals surface area contributed by atoms with Crippen LogP contribution in [0.1, 0.15) is 6.92 Å². The molecule has 0 N–H and O–H groups in total. The topological polar surface area (TPSA) is 66.6 Å². The number of carbonyl (C=O) groups is 1. The number of carbonyl (C=O) groups excluding carboxylic acids is 1. The van der Waals surface area contributed by atoms with Crippen molar-refractivity contribution in [3.05, 3.63) is 79.5 Å². The lowest BCUT2D eigenvalue weighted by Crippen LogP contribution is -2.48. The van der Waals surface area contributed by atoms with Crippen LogP contribution >= 0.6 is 0 Å². The summed E-state index contributed by atoms with van der Waals surface area (Å²) in [5.41, 5.74) is 7.35. The molecule has 5 heterocycles. The van der Waals surface area contributed by atoms with Gasteiger partial charge in [-0.3, -0.25) is 19.2 Å². The molecule has 5 aromatic rings. The zero-order chi connectivity index (χ0) is 23.1. The van der Waals surface area contributed by atoms with E-state index in [4.69, 9.17) is 0 Å². The van der Waals surface area contributed by atoms with Crippen LogP contribution in [0.5, 0.6) is 0 Å². The molecule has 0 saturated carbocycles. The van der Waals surface area contributed by atoms with E-state index in [1.807, 2.05) is 35.6 Å². The highest BCUT2D eigenvalue weighted by Gasteiger charge is 2.19. The number of aromatic nitrogens is 4. The second-order valence-corrected chi connectivity index (χ2v) is 8.58. The summed E-state index contributed by atoms with van der Waals surface area (Å²) in [7, 11) is 0. The zero-order valence-corrected chi connectivity index (χ0v) is 18.9. The van der Waals surface area contributed by atoms with E-state index in [0.29, 0.717) is 0 Å². The Labute approximate surface area is 197 Å². The minimum Gasteiger partial charge on any atom is -0.368 e. The second kappa shape index (κ2) is 8.26. The van der Waals surface area contributed by atoms with Gasteiger partial charge in [0.1, 0.15) is 5.65 Å². The fourth-order valence-electron chi connectivity index (χ4n) is 4.72. The molecule has 1 aliphatic rings. The third kappa shape index (κ3) is 3.55. The molecule has 7 heteroatoms. The van der Waals surface area contributed by atoms with Crippen LogP contribution in [0.25, 0.3) is 38.9 Å². The smallest absolute Gasteiger partial charge is 0.219 e. The van der Waals surface area contributed by atoms with Gasteiger partial charge >= 0.3 is 0 Å². The second-order valence-electron chi connectivity index (χ2n) is 8.58. The first-order valence-corrected chi connectivity index (χ1v) is 11.4. The van der Waals surface area contributed by atoms with Crippen molar-refractivity contribution < 1.29 is 4.79 Å². The molecule has 4 aromatic heterocycles. The van der Waals surface area contributed by atoms with E-state index in [1.54, 1.807) is 13.1 Å². The molecular weight excluding hydrogens is 424 g/mol. The predicted molar refractivity (Wildman–Crippen MR) is 134 cm³/mol. The van der Waals surface area contributed by atoms with Gasteiger partial charge in [-0.1, -0.05) is 12.1 Å². The number of rotatable bonds is 3. The normalized spacial score (nSPS) is 14.1. The molecule has 168 valence electrons. The summed E-state index contributed by atoms with van der Waals surface area (Å²) in [4.78, 5) is 29.2. The predicted octanol–water partition coefficient (Wildman–Crippen LogP) is 4.28. The molecule has 0 atom stereocenters. The van der Waals surface area contributed by atoms with Gasteiger partial charge < -0.3 is 9.80 Å². The summed E-state index contributed by atoms with van der Waals surface area (Å²) in [6, 6.07) is 16.8. The van der Waals surface area contributed by atoms with Crippen molar-refractivity contribution in [1.82, 2.24) is 24.3 Å². The quantitative estimate of drug-likeness (QED) is 0.412. The number of amides is 1. The number of fused-ring (bicyclic) bond motifs is 2. The zero-order valence-electron chi connectivity index (χ0n) is 18.9. The maximum Gasteiger partial charge on any atom is 0.219 e. The summed E-state index contributed by atoms with van der Waals surface area (Å²) in [6.45, 7) is 4.92. The van der Waals surface area contributed by atoms with E-state index in [0.717, 1.165) is 65.1 Å². The Morgan fingerprint density at radius 1 is 0.853 bits per heavy atom. The number of hydrogen-bond donors (Lipinski definition) is 0. The first-order chi connectivity index (χ1) is 16.7. The third-order valence-electron chi connectivity index (χ3n) is 6.62. The highest BCUT2D eigenvalue weighted by atomic mass is 16.2. The first-order valence-electron chi connectivity index (χ1n) is 11.4. The number of imidazole rings is 1. The highest BCUT2D eigenvalue weighted by Crippen LogP contribution is 2.30. The van der Waals surface area contributed by atoms with Crippen LogP contribution in [0.2, 0.25) is 0 Å². The van der Waals surface area contributed by atoms with Gasteiger partial charge in [-0.05, 0) is 47.5 Å². The van der Waals surface area contributed by atoms with Crippen molar-refractivity contribution in [3.8, 4) is 22.4 Å². The highest BCUT2D eigenvalue weighted by molar-refractivity contribution is 5.93. The van der Waals surface area contributed by atoms with Gasteiger partial charge in [-0.15, -0.1) is 0 Å². The average molecular weight is 449 g/mol. The Morgan fingerprint density at radius 2 is 1.68 bits per heavy atom. The summed E-state index contributed by atoms with van der Waals surface area (Å²) < 4.78 is 2.11. The van der Waals surface area contributed by atoms with Gasteiger partial charge in [0.05, 0.1) is 17.4 Å². The van der Waals surface area contributed by atoms with Gasteiger partial charge in [0.2, 0.25) is 5.91 Å². The third-order valence-corrected chi connectivity index (χ3v) is 6.62. The van der Waals surface area contributed by atoms with Crippen LogP contribution in [-0.4, -0.2) is 56.3 Å². The van der Waals surface area contributed by atoms with Crippen molar-refractivity contribution in [2.75, 3.05) is 31.1 Å². The van der Waals surface area contributed by atoms with Gasteiger partial charge in [-0.25, -0.2) is 4.98 Å². The molecule has 7 nitrogen and oxygen atoms in total. The van der Waals surface area contributed by atoms with E-state index in [-0.39, 0.29) is 5.91 Å². The van der Waals surface area contributed by atoms with Crippen molar-refractivity contribution in [3.63, 3.8) is 0 Å². The number of piperazine rings is 1. The van der Waals surface area contributed by atoms with Crippen molar-refractivity contribution in [1.29, 1.82) is 0 Å². The minimum absolute atomic E-state index is 0.154. The van der Waals surface area contributed by atoms with Gasteiger partial charge in [0, 0.05) is 74.5 Å². The molecule has 1 aromatic carbocycles. The van der Waals surface area contributed by atoms with Crippen LogP contribution in [0.3, 0.4) is 0 Å². The molecular formula is C27H24N6O. The summed E-state index contributed by atoms with van der Waals surface area (Å²) in [5, 5.41) is 1.01. The SMILES string of the molecule is CC(=O)N1CCN(c2ccc(-c3ccn4c(-c5ccnc6ccncc56)cnc4c3)cc2)CC1. The van der Waals surface area contributed by atoms with E-state index in [9.17, 15) is 4.79 Å². The summed E-state index contributed by atoms with van der Waals surface area (Å²) in [6.07, 6.45) is 9.42. The summed E-state index contributed by atoms with van der Waals surface area (Å²) >= 11 is 0. The Balaban J connectivity index is 1.27. The van der Waals surface area contributed by atoms with E-state index < -0.39 is 0 Å². The molecule has 34 heavy (non-hydrogen) atoms. The average Bonchev–Trinajstić information content (AvgIpc) is 3.31. The number of nitrogens with zero attached hydrogens (tertiary/aromatic N) is 6. The van der Waals surface area contributed by atoms with E-state index in [1.165, 1.54) is 5.69 Å². The number of hydrogen-bond acceptors (Lipinski definition) is 5. The number of benzene rings is 1. The molecule has 0 aliphatic carbocycles. The van der Waals surface area contributed by atoms with Crippen LogP contribution < -0.4 is 4.90 Å². The van der Waals surface area contributed by atoms with E-state index in [2.05, 4.69) is 66.8 Å². The lowest BCUT2D eigenvalue weighted by atomic mass is 10.1. The molecule has 1 fully saturated rings. The van der Waals surface area contributed by atoms with Crippen LogP contribution in [-0.2, 0) is 4.79 Å². The van der Waals surface area contributed by atoms with Gasteiger partial charge in [0.25, 0.3) is 0 Å². The maximum atomic E-state index is 11.6.